The first-order valence-electron chi connectivity index (χ1n) is 9.90. The molecule has 10 heteroatoms. The van der Waals surface area contributed by atoms with Crippen LogP contribution in [0.1, 0.15) is 43.6 Å². The van der Waals surface area contributed by atoms with Gasteiger partial charge in [-0.15, -0.1) is 33.4 Å². The van der Waals surface area contributed by atoms with E-state index in [1.165, 1.54) is 0 Å². The van der Waals surface area contributed by atoms with Gasteiger partial charge in [0, 0.05) is 49.4 Å². The number of alkyl carbamates (subject to hydrolysis) is 1. The average molecular weight is 457 g/mol. The number of H-pyrrole nitrogens is 1. The van der Waals surface area contributed by atoms with Gasteiger partial charge in [-0.2, -0.15) is 5.21 Å². The molecule has 0 saturated heterocycles. The van der Waals surface area contributed by atoms with Crippen molar-refractivity contribution < 1.29 is 9.53 Å². The third kappa shape index (κ3) is 7.65. The van der Waals surface area contributed by atoms with E-state index >= 15 is 0 Å². The lowest BCUT2D eigenvalue weighted by Crippen LogP contribution is -2.35. The van der Waals surface area contributed by atoms with Crippen molar-refractivity contribution in [1.82, 2.24) is 25.9 Å². The van der Waals surface area contributed by atoms with Gasteiger partial charge < -0.3 is 15.0 Å². The molecular weight excluding hydrogens is 427 g/mol. The number of benzene rings is 1. The fraction of sp³-hybridized carbons (Fsp3) is 0.600. The molecule has 1 aromatic carbocycles. The molecule has 8 nitrogen and oxygen atoms in total. The molecule has 1 unspecified atom stereocenters. The van der Waals surface area contributed by atoms with Crippen LogP contribution in [0.15, 0.2) is 18.2 Å². The Kier molecular flexibility index (Phi) is 9.17. The molecule has 2 aromatic rings. The van der Waals surface area contributed by atoms with Crippen molar-refractivity contribution in [1.29, 1.82) is 0 Å². The summed E-state index contributed by atoms with van der Waals surface area (Å²) in [6.45, 7) is 9.31. The molecule has 0 spiro atoms. The predicted molar refractivity (Wildman–Crippen MR) is 120 cm³/mol. The fourth-order valence-electron chi connectivity index (χ4n) is 3.14. The summed E-state index contributed by atoms with van der Waals surface area (Å²) in [5.74, 6) is 1.53. The van der Waals surface area contributed by atoms with Gasteiger partial charge in [-0.25, -0.2) is 4.79 Å². The molecule has 1 heterocycles. The van der Waals surface area contributed by atoms with E-state index in [0.717, 1.165) is 16.8 Å². The number of halogens is 2. The minimum Gasteiger partial charge on any atom is -0.444 e. The highest BCUT2D eigenvalue weighted by atomic mass is 35.5. The van der Waals surface area contributed by atoms with Crippen molar-refractivity contribution in [2.24, 2.45) is 0 Å². The van der Waals surface area contributed by atoms with E-state index in [9.17, 15) is 4.79 Å². The lowest BCUT2D eigenvalue weighted by Gasteiger charge is -2.26. The number of aryl methyl sites for hydroxylation is 1. The van der Waals surface area contributed by atoms with Crippen LogP contribution in [0.4, 0.5) is 10.5 Å². The molecule has 0 saturated carbocycles. The number of amides is 1. The summed E-state index contributed by atoms with van der Waals surface area (Å²) in [7, 11) is 0. The zero-order valence-corrected chi connectivity index (χ0v) is 19.4. The van der Waals surface area contributed by atoms with Gasteiger partial charge >= 0.3 is 6.09 Å². The van der Waals surface area contributed by atoms with Crippen molar-refractivity contribution in [2.75, 3.05) is 36.3 Å². The Morgan fingerprint density at radius 3 is 2.53 bits per heavy atom. The van der Waals surface area contributed by atoms with Crippen molar-refractivity contribution in [3.05, 3.63) is 35.2 Å². The van der Waals surface area contributed by atoms with Crippen LogP contribution in [-0.4, -0.2) is 63.7 Å². The largest absolute Gasteiger partial charge is 0.444 e. The van der Waals surface area contributed by atoms with E-state index in [0.29, 0.717) is 43.6 Å². The van der Waals surface area contributed by atoms with Crippen molar-refractivity contribution in [3.8, 4) is 0 Å². The second-order valence-electron chi connectivity index (χ2n) is 8.02. The monoisotopic (exact) mass is 456 g/mol. The molecule has 0 aliphatic carbocycles. The summed E-state index contributed by atoms with van der Waals surface area (Å²) < 4.78 is 5.38. The number of aromatic nitrogens is 4. The maximum atomic E-state index is 12.2. The lowest BCUT2D eigenvalue weighted by molar-refractivity contribution is 0.0524. The minimum absolute atomic E-state index is 0.0658. The van der Waals surface area contributed by atoms with Gasteiger partial charge in [0.1, 0.15) is 5.60 Å². The quantitative estimate of drug-likeness (QED) is 0.529. The second-order valence-corrected chi connectivity index (χ2v) is 8.77. The Morgan fingerprint density at radius 1 is 1.27 bits per heavy atom. The number of nitrogens with one attached hydrogen (secondary N) is 2. The van der Waals surface area contributed by atoms with Crippen molar-refractivity contribution in [2.45, 2.75) is 45.6 Å². The number of tetrazole rings is 1. The maximum absolute atomic E-state index is 12.2. The van der Waals surface area contributed by atoms with Gasteiger partial charge in [-0.05, 0) is 51.0 Å². The van der Waals surface area contributed by atoms with E-state index in [4.69, 9.17) is 27.9 Å². The van der Waals surface area contributed by atoms with Crippen molar-refractivity contribution in [3.63, 3.8) is 0 Å². The molecule has 2 rings (SSSR count). The van der Waals surface area contributed by atoms with E-state index in [-0.39, 0.29) is 5.92 Å². The number of hydrogen-bond donors (Lipinski definition) is 2. The Morgan fingerprint density at radius 2 is 1.97 bits per heavy atom. The third-order valence-corrected chi connectivity index (χ3v) is 4.82. The van der Waals surface area contributed by atoms with Gasteiger partial charge in [0.05, 0.1) is 0 Å². The molecule has 166 valence electrons. The summed E-state index contributed by atoms with van der Waals surface area (Å²) in [6.07, 6.45) is 0.0574. The van der Waals surface area contributed by atoms with Crippen LogP contribution in [-0.2, 0) is 11.2 Å². The number of carbonyl (C=O) groups excluding carboxylic acids is 1. The highest BCUT2D eigenvalue weighted by Crippen LogP contribution is 2.28. The van der Waals surface area contributed by atoms with Crippen molar-refractivity contribution >= 4 is 35.0 Å². The van der Waals surface area contributed by atoms with Crippen LogP contribution in [0.2, 0.25) is 0 Å². The predicted octanol–water partition coefficient (Wildman–Crippen LogP) is 3.64. The van der Waals surface area contributed by atoms with Crippen LogP contribution in [0.5, 0.6) is 0 Å². The first kappa shape index (κ1) is 24.2. The summed E-state index contributed by atoms with van der Waals surface area (Å²) in [5, 5.41) is 17.2. The SMILES string of the molecule is Cc1ccc(N(CCCl)CCCl)cc1C(CNC(=O)OC(C)(C)C)Cc1nn[nH]n1. The molecule has 30 heavy (non-hydrogen) atoms. The smallest absolute Gasteiger partial charge is 0.407 e. The number of anilines is 1. The average Bonchev–Trinajstić information content (AvgIpc) is 3.17. The Hall–Kier alpha value is -2.06. The molecular formula is C20H30Cl2N6O2. The zero-order chi connectivity index (χ0) is 22.1. The molecule has 0 aliphatic heterocycles. The zero-order valence-electron chi connectivity index (χ0n) is 17.9. The van der Waals surface area contributed by atoms with Crippen LogP contribution >= 0.6 is 23.2 Å². The van der Waals surface area contributed by atoms with Gasteiger partial charge in [0.25, 0.3) is 0 Å². The minimum atomic E-state index is -0.563. The normalized spacial score (nSPS) is 12.5. The molecule has 1 aromatic heterocycles. The summed E-state index contributed by atoms with van der Waals surface area (Å²) in [5.41, 5.74) is 2.66. The maximum Gasteiger partial charge on any atom is 0.407 e. The van der Waals surface area contributed by atoms with E-state index in [1.807, 2.05) is 27.7 Å². The highest BCUT2D eigenvalue weighted by molar-refractivity contribution is 6.18. The third-order valence-electron chi connectivity index (χ3n) is 4.49. The Bertz CT molecular complexity index is 789. The number of nitrogens with zero attached hydrogens (tertiary/aromatic N) is 4. The van der Waals surface area contributed by atoms with Crippen LogP contribution in [0.3, 0.4) is 0 Å². The summed E-state index contributed by atoms with van der Waals surface area (Å²) in [4.78, 5) is 14.4. The van der Waals surface area contributed by atoms with E-state index in [2.05, 4.69) is 49.0 Å². The molecule has 1 amide bonds. The Labute approximate surface area is 187 Å². The number of hydrogen-bond acceptors (Lipinski definition) is 6. The standard InChI is InChI=1S/C20H30Cl2N6O2/c1-14-5-6-16(28(9-7-21)10-8-22)12-17(14)15(11-18-24-26-27-25-18)13-23-19(29)30-20(2,3)4/h5-6,12,15H,7-11,13H2,1-4H3,(H,23,29)(H,24,25,26,27). The van der Waals surface area contributed by atoms with Gasteiger partial charge in [-0.1, -0.05) is 11.3 Å². The molecule has 1 atom stereocenters. The van der Waals surface area contributed by atoms with Crippen LogP contribution in [0.25, 0.3) is 0 Å². The van der Waals surface area contributed by atoms with Gasteiger partial charge in [0.2, 0.25) is 0 Å². The highest BCUT2D eigenvalue weighted by Gasteiger charge is 2.22. The number of rotatable bonds is 10. The van der Waals surface area contributed by atoms with Gasteiger partial charge in [0.15, 0.2) is 5.82 Å². The molecule has 0 aliphatic rings. The summed E-state index contributed by atoms with van der Waals surface area (Å²) >= 11 is 11.9. The molecule has 0 radical (unpaired) electrons. The molecule has 0 bridgehead atoms. The number of aromatic amines is 1. The van der Waals surface area contributed by atoms with Crippen LogP contribution < -0.4 is 10.2 Å². The molecule has 0 fully saturated rings. The topological polar surface area (TPSA) is 96.0 Å². The summed E-state index contributed by atoms with van der Waals surface area (Å²) in [6, 6.07) is 6.25. The Balaban J connectivity index is 2.27. The fourth-order valence-corrected chi connectivity index (χ4v) is 3.55. The van der Waals surface area contributed by atoms with E-state index < -0.39 is 11.7 Å². The lowest BCUT2D eigenvalue weighted by atomic mass is 9.91. The first-order chi connectivity index (χ1) is 14.2. The molecule has 2 N–H and O–H groups in total. The number of alkyl halides is 2. The van der Waals surface area contributed by atoms with E-state index in [1.54, 1.807) is 0 Å². The van der Waals surface area contributed by atoms with Gasteiger partial charge in [-0.3, -0.25) is 0 Å². The number of ether oxygens (including phenoxy) is 1. The van der Waals surface area contributed by atoms with Crippen LogP contribution in [0, 0.1) is 6.92 Å². The first-order valence-corrected chi connectivity index (χ1v) is 11.0. The second kappa shape index (κ2) is 11.4. The number of carbonyl (C=O) groups is 1.